The Morgan fingerprint density at radius 2 is 1.68 bits per heavy atom. The topological polar surface area (TPSA) is 164 Å². The molecule has 14 nitrogen and oxygen atoms in total. The number of benzene rings is 3. The summed E-state index contributed by atoms with van der Waals surface area (Å²) in [5.74, 6) is -1.45. The zero-order valence-corrected chi connectivity index (χ0v) is 33.9. The zero-order chi connectivity index (χ0) is 41.7. The summed E-state index contributed by atoms with van der Waals surface area (Å²) in [6, 6.07) is 20.0. The lowest BCUT2D eigenvalue weighted by molar-refractivity contribution is 0.102. The van der Waals surface area contributed by atoms with Crippen LogP contribution in [-0.2, 0) is 16.4 Å². The first kappa shape index (κ1) is 41.0. The van der Waals surface area contributed by atoms with E-state index in [0.29, 0.717) is 64.8 Å². The van der Waals surface area contributed by atoms with Crippen molar-refractivity contribution < 1.29 is 31.5 Å². The van der Waals surface area contributed by atoms with E-state index in [0.717, 1.165) is 62.0 Å². The highest BCUT2D eigenvalue weighted by molar-refractivity contribution is 7.88. The second kappa shape index (κ2) is 17.8. The molecule has 308 valence electrons. The molecule has 0 bridgehead atoms. The summed E-state index contributed by atoms with van der Waals surface area (Å²) in [5, 5.41) is 9.18. The van der Waals surface area contributed by atoms with E-state index in [1.807, 2.05) is 34.9 Å². The van der Waals surface area contributed by atoms with Gasteiger partial charge in [-0.05, 0) is 79.4 Å². The van der Waals surface area contributed by atoms with Crippen molar-refractivity contribution in [1.82, 2.24) is 29.4 Å². The van der Waals surface area contributed by atoms with Crippen molar-refractivity contribution in [3.8, 4) is 34.1 Å². The number of amides is 1. The van der Waals surface area contributed by atoms with Gasteiger partial charge < -0.3 is 30.3 Å². The highest BCUT2D eigenvalue weighted by Gasteiger charge is 2.25. The first-order chi connectivity index (χ1) is 28.5. The van der Waals surface area contributed by atoms with Crippen LogP contribution in [0.4, 0.5) is 31.8 Å². The molecule has 4 heterocycles. The number of methoxy groups -OCH3 is 2. The number of fused-ring (bicyclic) bond motifs is 1. The van der Waals surface area contributed by atoms with E-state index >= 15 is 0 Å². The summed E-state index contributed by atoms with van der Waals surface area (Å²) >= 11 is 0. The Kier molecular flexibility index (Phi) is 12.3. The van der Waals surface area contributed by atoms with Crippen molar-refractivity contribution in [3.63, 3.8) is 0 Å². The fourth-order valence-electron chi connectivity index (χ4n) is 7.24. The normalized spacial score (nSPS) is 13.4. The van der Waals surface area contributed by atoms with Crippen molar-refractivity contribution >= 4 is 44.6 Å². The Hall–Kier alpha value is -6.17. The summed E-state index contributed by atoms with van der Waals surface area (Å²) in [6.07, 6.45) is 7.25. The number of halogens is 2. The molecule has 0 spiro atoms. The number of anilines is 4. The Labute approximate surface area is 341 Å². The van der Waals surface area contributed by atoms with E-state index < -0.39 is 33.3 Å². The minimum Gasteiger partial charge on any atom is -0.496 e. The number of hydrogen-bond donors (Lipinski definition) is 4. The summed E-state index contributed by atoms with van der Waals surface area (Å²) in [4.78, 5) is 30.2. The van der Waals surface area contributed by atoms with Crippen molar-refractivity contribution in [1.29, 1.82) is 0 Å². The quantitative estimate of drug-likeness (QED) is 0.0846. The molecule has 17 heteroatoms. The Morgan fingerprint density at radius 3 is 2.39 bits per heavy atom. The zero-order valence-electron chi connectivity index (χ0n) is 33.1. The van der Waals surface area contributed by atoms with E-state index in [2.05, 4.69) is 43.5 Å². The van der Waals surface area contributed by atoms with Crippen LogP contribution in [0.15, 0.2) is 85.2 Å². The predicted molar refractivity (Wildman–Crippen MR) is 224 cm³/mol. The largest absolute Gasteiger partial charge is 0.496 e. The Balaban J connectivity index is 1.16. The van der Waals surface area contributed by atoms with Gasteiger partial charge in [0.25, 0.3) is 5.91 Å². The van der Waals surface area contributed by atoms with Crippen molar-refractivity contribution in [3.05, 3.63) is 108 Å². The van der Waals surface area contributed by atoms with Crippen LogP contribution in [0.1, 0.15) is 35.7 Å². The van der Waals surface area contributed by atoms with Gasteiger partial charge in [-0.2, -0.15) is 0 Å². The molecule has 0 radical (unpaired) electrons. The minimum atomic E-state index is -3.22. The molecule has 0 atom stereocenters. The van der Waals surface area contributed by atoms with Gasteiger partial charge in [0.15, 0.2) is 0 Å². The molecule has 1 aliphatic heterocycles. The van der Waals surface area contributed by atoms with E-state index in [1.165, 1.54) is 13.2 Å². The fraction of sp³-hybridized carbons (Fsp3) is 0.286. The maximum Gasteiger partial charge on any atom is 0.259 e. The van der Waals surface area contributed by atoms with Gasteiger partial charge in [0.1, 0.15) is 34.5 Å². The molecule has 0 saturated carbocycles. The number of pyridine rings is 1. The Bertz CT molecular complexity index is 2580. The van der Waals surface area contributed by atoms with E-state index in [1.54, 1.807) is 37.6 Å². The van der Waals surface area contributed by atoms with Crippen LogP contribution in [0.2, 0.25) is 0 Å². The SMILES string of the molecule is CCc1cc(Nc2nccc(-c3c(-c4ccc(OC)c(C(=O)Nc5c(F)cccc5F)c4)nc4ccccn34)n2)c(OC)cc1N1CCC(NCCNS(C)(=O)=O)CC1. The molecular weight excluding hydrogens is 781 g/mol. The molecule has 0 aliphatic carbocycles. The predicted octanol–water partition coefficient (Wildman–Crippen LogP) is 6.42. The molecular formula is C42H45F2N9O5S. The lowest BCUT2D eigenvalue weighted by Gasteiger charge is -2.35. The molecule has 6 aromatic rings. The molecule has 7 rings (SSSR count). The van der Waals surface area contributed by atoms with Gasteiger partial charge in [0.05, 0.1) is 48.8 Å². The maximum absolute atomic E-state index is 14.5. The van der Waals surface area contributed by atoms with E-state index in [9.17, 15) is 22.0 Å². The van der Waals surface area contributed by atoms with Gasteiger partial charge in [-0.15, -0.1) is 0 Å². The molecule has 1 aliphatic rings. The lowest BCUT2D eigenvalue weighted by atomic mass is 10.0. The maximum atomic E-state index is 14.5. The molecule has 3 aromatic heterocycles. The van der Waals surface area contributed by atoms with Gasteiger partial charge in [-0.25, -0.2) is 36.9 Å². The summed E-state index contributed by atoms with van der Waals surface area (Å²) in [6.45, 7) is 4.69. The second-order valence-electron chi connectivity index (χ2n) is 14.0. The van der Waals surface area contributed by atoms with Crippen LogP contribution in [0, 0.1) is 11.6 Å². The number of nitrogens with zero attached hydrogens (tertiary/aromatic N) is 5. The molecule has 1 saturated heterocycles. The van der Waals surface area contributed by atoms with Crippen molar-refractivity contribution in [2.45, 2.75) is 32.2 Å². The van der Waals surface area contributed by atoms with Gasteiger partial charge >= 0.3 is 0 Å². The second-order valence-corrected chi connectivity index (χ2v) is 15.8. The number of rotatable bonds is 15. The van der Waals surface area contributed by atoms with Gasteiger partial charge in [0.2, 0.25) is 16.0 Å². The van der Waals surface area contributed by atoms with E-state index in [-0.39, 0.29) is 11.3 Å². The van der Waals surface area contributed by atoms with E-state index in [4.69, 9.17) is 19.4 Å². The third kappa shape index (κ3) is 9.27. The number of para-hydroxylation sites is 1. The third-order valence-electron chi connectivity index (χ3n) is 10.1. The highest BCUT2D eigenvalue weighted by Crippen LogP contribution is 2.38. The molecule has 1 fully saturated rings. The first-order valence-corrected chi connectivity index (χ1v) is 21.0. The standard InChI is InChI=1S/C42H45F2N9O5S/c1-5-26-24-33(36(58-3)25-34(26)52-21-15-28(16-22-52)45-18-19-47-59(4,55)56)49-42-46-17-14-32(48-42)40-38(50-37-11-6-7-20-53(37)40)27-12-13-35(57-2)29(23-27)41(54)51-39-30(43)9-8-10-31(39)44/h6-14,17,20,23-25,28,45,47H,5,15-16,18-19,21-22H2,1-4H3,(H,51,54)(H,46,48,49). The monoisotopic (exact) mass is 825 g/mol. The fourth-order valence-corrected chi connectivity index (χ4v) is 7.71. The average Bonchev–Trinajstić information content (AvgIpc) is 3.63. The number of ether oxygens (including phenoxy) is 2. The van der Waals surface area contributed by atoms with Crippen LogP contribution in [0.5, 0.6) is 11.5 Å². The highest BCUT2D eigenvalue weighted by atomic mass is 32.2. The van der Waals surface area contributed by atoms with Crippen LogP contribution < -0.4 is 35.0 Å². The van der Waals surface area contributed by atoms with Gasteiger partial charge in [-0.3, -0.25) is 9.20 Å². The van der Waals surface area contributed by atoms with Crippen LogP contribution >= 0.6 is 0 Å². The Morgan fingerprint density at radius 1 is 0.915 bits per heavy atom. The summed E-state index contributed by atoms with van der Waals surface area (Å²) in [7, 11) is -0.191. The van der Waals surface area contributed by atoms with Crippen LogP contribution in [0.25, 0.3) is 28.3 Å². The van der Waals surface area contributed by atoms with Crippen LogP contribution in [-0.4, -0.2) is 86.4 Å². The lowest BCUT2D eigenvalue weighted by Crippen LogP contribution is -2.44. The van der Waals surface area contributed by atoms with Gasteiger partial charge in [0, 0.05) is 61.9 Å². The number of aromatic nitrogens is 4. The average molecular weight is 826 g/mol. The van der Waals surface area contributed by atoms with Crippen molar-refractivity contribution in [2.24, 2.45) is 0 Å². The summed E-state index contributed by atoms with van der Waals surface area (Å²) in [5.41, 5.74) is 5.17. The number of aryl methyl sites for hydroxylation is 1. The van der Waals surface area contributed by atoms with Crippen molar-refractivity contribution in [2.75, 3.05) is 62.2 Å². The molecule has 3 aromatic carbocycles. The number of nitrogens with one attached hydrogen (secondary N) is 4. The molecule has 4 N–H and O–H groups in total. The number of carbonyl (C=O) groups is 1. The third-order valence-corrected chi connectivity index (χ3v) is 10.9. The summed E-state index contributed by atoms with van der Waals surface area (Å²) < 4.78 is 67.5. The van der Waals surface area contributed by atoms with Gasteiger partial charge in [-0.1, -0.05) is 19.1 Å². The number of carbonyl (C=O) groups excluding carboxylic acids is 1. The molecule has 59 heavy (non-hydrogen) atoms. The minimum absolute atomic E-state index is 0.0449. The molecule has 0 unspecified atom stereocenters. The number of hydrogen-bond acceptors (Lipinski definition) is 11. The number of sulfonamides is 1. The first-order valence-electron chi connectivity index (χ1n) is 19.1. The smallest absolute Gasteiger partial charge is 0.259 e. The molecule has 1 amide bonds. The number of piperidine rings is 1. The number of imidazole rings is 1. The van der Waals surface area contributed by atoms with Crippen LogP contribution in [0.3, 0.4) is 0 Å².